The average Bonchev–Trinajstić information content (AvgIpc) is 2.52. The van der Waals surface area contributed by atoms with Crippen molar-refractivity contribution < 1.29 is 9.53 Å². The molecule has 2 aromatic carbocycles. The first kappa shape index (κ1) is 14.4. The fraction of sp³-hybridized carbons (Fsp3) is 0.188. The number of hydrogen-bond acceptors (Lipinski definition) is 2. The Balaban J connectivity index is 1.74. The van der Waals surface area contributed by atoms with E-state index in [9.17, 15) is 4.79 Å². The average molecular weight is 290 g/mol. The van der Waals surface area contributed by atoms with E-state index in [4.69, 9.17) is 16.3 Å². The fourth-order valence-corrected chi connectivity index (χ4v) is 1.84. The summed E-state index contributed by atoms with van der Waals surface area (Å²) in [6, 6.07) is 17.1. The lowest BCUT2D eigenvalue weighted by Crippen LogP contribution is -2.28. The van der Waals surface area contributed by atoms with Gasteiger partial charge in [-0.25, -0.2) is 0 Å². The van der Waals surface area contributed by atoms with Crippen molar-refractivity contribution in [2.24, 2.45) is 0 Å². The van der Waals surface area contributed by atoms with Crippen LogP contribution in [0, 0.1) is 0 Å². The molecule has 20 heavy (non-hydrogen) atoms. The third kappa shape index (κ3) is 4.59. The van der Waals surface area contributed by atoms with Gasteiger partial charge in [-0.2, -0.15) is 0 Å². The Hall–Kier alpha value is -2.00. The van der Waals surface area contributed by atoms with E-state index in [0.717, 1.165) is 11.1 Å². The van der Waals surface area contributed by atoms with E-state index >= 15 is 0 Å². The standard InChI is InChI=1S/C16H16ClNO2/c17-10-13-6-8-14(9-7-13)11-18-16(19)12-20-15-4-2-1-3-5-15/h1-9H,10-12H2,(H,18,19). The number of halogens is 1. The molecule has 1 amide bonds. The van der Waals surface area contributed by atoms with Crippen LogP contribution in [0.2, 0.25) is 0 Å². The quantitative estimate of drug-likeness (QED) is 0.830. The predicted octanol–water partition coefficient (Wildman–Crippen LogP) is 3.12. The van der Waals surface area contributed by atoms with Gasteiger partial charge in [-0.15, -0.1) is 11.6 Å². The molecular weight excluding hydrogens is 274 g/mol. The molecule has 0 aliphatic carbocycles. The summed E-state index contributed by atoms with van der Waals surface area (Å²) in [6.45, 7) is 0.503. The molecule has 0 unspecified atom stereocenters. The molecule has 3 nitrogen and oxygen atoms in total. The fourth-order valence-electron chi connectivity index (χ4n) is 1.66. The molecule has 0 spiro atoms. The lowest BCUT2D eigenvalue weighted by atomic mass is 10.1. The van der Waals surface area contributed by atoms with Crippen LogP contribution in [0.5, 0.6) is 5.75 Å². The normalized spacial score (nSPS) is 10.1. The van der Waals surface area contributed by atoms with Gasteiger partial charge in [0.25, 0.3) is 5.91 Å². The first-order valence-electron chi connectivity index (χ1n) is 6.36. The van der Waals surface area contributed by atoms with Gasteiger partial charge in [-0.05, 0) is 23.3 Å². The molecule has 4 heteroatoms. The zero-order valence-corrected chi connectivity index (χ0v) is 11.8. The van der Waals surface area contributed by atoms with Crippen LogP contribution in [0.15, 0.2) is 54.6 Å². The Morgan fingerprint density at radius 1 is 1.00 bits per heavy atom. The first-order chi connectivity index (χ1) is 9.78. The summed E-state index contributed by atoms with van der Waals surface area (Å²) in [6.07, 6.45) is 0. The molecule has 2 aromatic rings. The van der Waals surface area contributed by atoms with Crippen LogP contribution >= 0.6 is 11.6 Å². The Morgan fingerprint density at radius 2 is 1.65 bits per heavy atom. The summed E-state index contributed by atoms with van der Waals surface area (Å²) in [5, 5.41) is 2.81. The molecule has 0 saturated heterocycles. The summed E-state index contributed by atoms with van der Waals surface area (Å²) < 4.78 is 5.36. The van der Waals surface area contributed by atoms with Crippen LogP contribution in [0.25, 0.3) is 0 Å². The minimum absolute atomic E-state index is 0.0176. The van der Waals surface area contributed by atoms with Gasteiger partial charge in [0.1, 0.15) is 5.75 Å². The monoisotopic (exact) mass is 289 g/mol. The molecule has 0 atom stereocenters. The van der Waals surface area contributed by atoms with Crippen molar-refractivity contribution in [3.8, 4) is 5.75 Å². The topological polar surface area (TPSA) is 38.3 Å². The molecule has 0 radical (unpaired) electrons. The molecule has 0 aliphatic rings. The Morgan fingerprint density at radius 3 is 2.30 bits per heavy atom. The molecule has 0 bridgehead atoms. The third-order valence-corrected chi connectivity index (χ3v) is 3.09. The highest BCUT2D eigenvalue weighted by atomic mass is 35.5. The number of alkyl halides is 1. The second kappa shape index (κ2) is 7.56. The second-order valence-electron chi connectivity index (χ2n) is 4.33. The number of amides is 1. The van der Waals surface area contributed by atoms with E-state index in [1.165, 1.54) is 0 Å². The number of hydrogen-bond donors (Lipinski definition) is 1. The number of nitrogens with one attached hydrogen (secondary N) is 1. The van der Waals surface area contributed by atoms with Crippen LogP contribution < -0.4 is 10.1 Å². The lowest BCUT2D eigenvalue weighted by Gasteiger charge is -2.07. The van der Waals surface area contributed by atoms with Gasteiger partial charge < -0.3 is 10.1 Å². The van der Waals surface area contributed by atoms with E-state index in [1.54, 1.807) is 0 Å². The van der Waals surface area contributed by atoms with Gasteiger partial charge in [-0.1, -0.05) is 42.5 Å². The summed E-state index contributed by atoms with van der Waals surface area (Å²) >= 11 is 5.72. The van der Waals surface area contributed by atoms with Gasteiger partial charge in [0.2, 0.25) is 0 Å². The molecule has 0 saturated carbocycles. The van der Waals surface area contributed by atoms with Crippen molar-refractivity contribution in [3.05, 3.63) is 65.7 Å². The molecule has 104 valence electrons. The highest BCUT2D eigenvalue weighted by Crippen LogP contribution is 2.08. The number of benzene rings is 2. The minimum atomic E-state index is -0.143. The Labute approximate surface area is 123 Å². The maximum absolute atomic E-state index is 11.7. The Bertz CT molecular complexity index is 540. The van der Waals surface area contributed by atoms with Gasteiger partial charge in [0.05, 0.1) is 0 Å². The summed E-state index contributed by atoms with van der Waals surface area (Å²) in [7, 11) is 0. The zero-order chi connectivity index (χ0) is 14.2. The predicted molar refractivity (Wildman–Crippen MR) is 79.8 cm³/mol. The number of carbonyl (C=O) groups excluding carboxylic acids is 1. The van der Waals surface area contributed by atoms with Crippen LogP contribution in [0.4, 0.5) is 0 Å². The van der Waals surface area contributed by atoms with Crippen LogP contribution in [-0.4, -0.2) is 12.5 Å². The molecule has 2 rings (SSSR count). The van der Waals surface area contributed by atoms with Crippen molar-refractivity contribution >= 4 is 17.5 Å². The molecule has 0 heterocycles. The summed E-state index contributed by atoms with van der Waals surface area (Å²) in [5.41, 5.74) is 2.10. The molecule has 0 fully saturated rings. The maximum atomic E-state index is 11.7. The number of para-hydroxylation sites is 1. The van der Waals surface area contributed by atoms with E-state index in [0.29, 0.717) is 18.2 Å². The third-order valence-electron chi connectivity index (χ3n) is 2.78. The minimum Gasteiger partial charge on any atom is -0.484 e. The second-order valence-corrected chi connectivity index (χ2v) is 4.60. The Kier molecular flexibility index (Phi) is 5.44. The number of rotatable bonds is 6. The lowest BCUT2D eigenvalue weighted by molar-refractivity contribution is -0.123. The van der Waals surface area contributed by atoms with E-state index in [1.807, 2.05) is 54.6 Å². The van der Waals surface area contributed by atoms with Crippen LogP contribution in [-0.2, 0) is 17.2 Å². The van der Waals surface area contributed by atoms with Crippen LogP contribution in [0.3, 0.4) is 0 Å². The smallest absolute Gasteiger partial charge is 0.258 e. The summed E-state index contributed by atoms with van der Waals surface area (Å²) in [5.74, 6) is 1.04. The largest absolute Gasteiger partial charge is 0.484 e. The van der Waals surface area contributed by atoms with E-state index in [-0.39, 0.29) is 12.5 Å². The molecule has 0 aliphatic heterocycles. The van der Waals surface area contributed by atoms with Gasteiger partial charge >= 0.3 is 0 Å². The zero-order valence-electron chi connectivity index (χ0n) is 11.0. The van der Waals surface area contributed by atoms with E-state index in [2.05, 4.69) is 5.32 Å². The van der Waals surface area contributed by atoms with Crippen molar-refractivity contribution in [1.29, 1.82) is 0 Å². The van der Waals surface area contributed by atoms with E-state index < -0.39 is 0 Å². The molecule has 1 N–H and O–H groups in total. The van der Waals surface area contributed by atoms with Gasteiger partial charge in [0, 0.05) is 12.4 Å². The number of carbonyl (C=O) groups is 1. The highest BCUT2D eigenvalue weighted by molar-refractivity contribution is 6.17. The van der Waals surface area contributed by atoms with Crippen LogP contribution in [0.1, 0.15) is 11.1 Å². The SMILES string of the molecule is O=C(COc1ccccc1)NCc1ccc(CCl)cc1. The summed E-state index contributed by atoms with van der Waals surface area (Å²) in [4.78, 5) is 11.7. The van der Waals surface area contributed by atoms with Crippen molar-refractivity contribution in [1.82, 2.24) is 5.32 Å². The molecular formula is C16H16ClNO2. The van der Waals surface area contributed by atoms with Gasteiger partial charge in [0.15, 0.2) is 6.61 Å². The molecule has 0 aromatic heterocycles. The van der Waals surface area contributed by atoms with Crippen molar-refractivity contribution in [3.63, 3.8) is 0 Å². The highest BCUT2D eigenvalue weighted by Gasteiger charge is 2.02. The van der Waals surface area contributed by atoms with Gasteiger partial charge in [-0.3, -0.25) is 4.79 Å². The first-order valence-corrected chi connectivity index (χ1v) is 6.89. The maximum Gasteiger partial charge on any atom is 0.258 e. The number of ether oxygens (including phenoxy) is 1. The van der Waals surface area contributed by atoms with Crippen molar-refractivity contribution in [2.75, 3.05) is 6.61 Å². The van der Waals surface area contributed by atoms with Crippen molar-refractivity contribution in [2.45, 2.75) is 12.4 Å².